The van der Waals surface area contributed by atoms with Crippen molar-refractivity contribution in [1.82, 2.24) is 4.98 Å². The van der Waals surface area contributed by atoms with Gasteiger partial charge in [-0.1, -0.05) is 18.2 Å². The highest BCUT2D eigenvalue weighted by molar-refractivity contribution is 5.84. The first kappa shape index (κ1) is 11.3. The van der Waals surface area contributed by atoms with Crippen LogP contribution in [0.3, 0.4) is 0 Å². The maximum atomic E-state index is 11.7. The zero-order valence-electron chi connectivity index (χ0n) is 9.47. The topological polar surface area (TPSA) is 42.0 Å². The van der Waals surface area contributed by atoms with Crippen LogP contribution in [0.25, 0.3) is 0 Å². The lowest BCUT2D eigenvalue weighted by Gasteiger charge is -2.05. The van der Waals surface area contributed by atoms with Crippen LogP contribution in [0.15, 0.2) is 54.9 Å². The minimum Gasteiger partial charge on any atom is -0.378 e. The quantitative estimate of drug-likeness (QED) is 0.850. The Morgan fingerprint density at radius 1 is 1.06 bits per heavy atom. The van der Waals surface area contributed by atoms with Crippen molar-refractivity contribution in [2.24, 2.45) is 0 Å². The Bertz CT molecular complexity index is 468. The lowest BCUT2D eigenvalue weighted by molar-refractivity contribution is -0.116. The number of carbonyl (C=O) groups is 1. The fourth-order valence-electron chi connectivity index (χ4n) is 1.55. The molecule has 0 aliphatic rings. The second kappa shape index (κ2) is 5.80. The summed E-state index contributed by atoms with van der Waals surface area (Å²) >= 11 is 0. The average Bonchev–Trinajstić information content (AvgIpc) is 2.39. The number of nitrogens with one attached hydrogen (secondary N) is 1. The fraction of sp³-hybridized carbons (Fsp3) is 0.143. The second-order valence-corrected chi connectivity index (χ2v) is 3.79. The summed E-state index contributed by atoms with van der Waals surface area (Å²) in [5.41, 5.74) is 1.97. The molecule has 3 heteroatoms. The summed E-state index contributed by atoms with van der Waals surface area (Å²) in [7, 11) is 0. The van der Waals surface area contributed by atoms with Crippen LogP contribution in [0, 0.1) is 0 Å². The molecule has 0 atom stereocenters. The number of pyridine rings is 1. The summed E-state index contributed by atoms with van der Waals surface area (Å²) in [5.74, 6) is 0.167. The first-order valence-electron chi connectivity index (χ1n) is 5.54. The number of hydrogen-bond acceptors (Lipinski definition) is 3. The van der Waals surface area contributed by atoms with Crippen molar-refractivity contribution in [3.05, 3.63) is 60.4 Å². The lowest BCUT2D eigenvalue weighted by Crippen LogP contribution is -2.15. The van der Waals surface area contributed by atoms with E-state index in [2.05, 4.69) is 10.3 Å². The third-order valence-corrected chi connectivity index (χ3v) is 2.41. The Morgan fingerprint density at radius 3 is 2.47 bits per heavy atom. The van der Waals surface area contributed by atoms with Crippen LogP contribution in [0.2, 0.25) is 0 Å². The molecule has 17 heavy (non-hydrogen) atoms. The molecule has 0 bridgehead atoms. The number of hydrogen-bond donors (Lipinski definition) is 1. The normalized spacial score (nSPS) is 9.88. The largest absolute Gasteiger partial charge is 0.378 e. The van der Waals surface area contributed by atoms with Crippen molar-refractivity contribution in [2.45, 2.75) is 6.42 Å². The molecule has 2 aromatic rings. The third-order valence-electron chi connectivity index (χ3n) is 2.41. The Balaban J connectivity index is 1.83. The van der Waals surface area contributed by atoms with Crippen LogP contribution in [0.1, 0.15) is 5.56 Å². The van der Waals surface area contributed by atoms with Gasteiger partial charge in [0.2, 0.25) is 0 Å². The number of ketones is 1. The summed E-state index contributed by atoms with van der Waals surface area (Å²) in [6.07, 6.45) is 3.85. The molecule has 86 valence electrons. The zero-order chi connectivity index (χ0) is 11.9. The van der Waals surface area contributed by atoms with Gasteiger partial charge >= 0.3 is 0 Å². The highest BCUT2D eigenvalue weighted by Crippen LogP contribution is 2.05. The van der Waals surface area contributed by atoms with Crippen LogP contribution in [-0.4, -0.2) is 17.3 Å². The molecule has 1 heterocycles. The second-order valence-electron chi connectivity index (χ2n) is 3.79. The molecule has 0 spiro atoms. The average molecular weight is 226 g/mol. The number of carbonyl (C=O) groups excluding carboxylic acids is 1. The summed E-state index contributed by atoms with van der Waals surface area (Å²) < 4.78 is 0. The molecule has 0 unspecified atom stereocenters. The lowest BCUT2D eigenvalue weighted by atomic mass is 10.1. The molecule has 1 aromatic carbocycles. The van der Waals surface area contributed by atoms with E-state index in [9.17, 15) is 4.79 Å². The van der Waals surface area contributed by atoms with E-state index in [-0.39, 0.29) is 5.78 Å². The summed E-state index contributed by atoms with van der Waals surface area (Å²) in [6.45, 7) is 0.354. The van der Waals surface area contributed by atoms with E-state index < -0.39 is 0 Å². The Labute approximate surface area is 101 Å². The monoisotopic (exact) mass is 226 g/mol. The van der Waals surface area contributed by atoms with E-state index in [1.165, 1.54) is 0 Å². The van der Waals surface area contributed by atoms with Gasteiger partial charge in [0.05, 0.1) is 6.54 Å². The number of Topliss-reactive ketones (excluding diaryl/α,β-unsaturated/α-hetero) is 1. The number of para-hydroxylation sites is 1. The van der Waals surface area contributed by atoms with Crippen LogP contribution in [-0.2, 0) is 11.2 Å². The number of aromatic nitrogens is 1. The molecule has 0 saturated heterocycles. The summed E-state index contributed by atoms with van der Waals surface area (Å²) in [5, 5.41) is 3.10. The molecular formula is C14H14N2O. The standard InChI is InChI=1S/C14H14N2O/c17-14(10-12-6-8-15-9-7-12)11-16-13-4-2-1-3-5-13/h1-9,16H,10-11H2. The predicted molar refractivity (Wildman–Crippen MR) is 67.9 cm³/mol. The van der Waals surface area contributed by atoms with Gasteiger partial charge in [0.1, 0.15) is 0 Å². The van der Waals surface area contributed by atoms with Crippen molar-refractivity contribution in [2.75, 3.05) is 11.9 Å². The van der Waals surface area contributed by atoms with Gasteiger partial charge in [-0.2, -0.15) is 0 Å². The van der Waals surface area contributed by atoms with Crippen molar-refractivity contribution >= 4 is 11.5 Å². The van der Waals surface area contributed by atoms with E-state index in [0.717, 1.165) is 11.3 Å². The maximum absolute atomic E-state index is 11.7. The minimum atomic E-state index is 0.167. The third kappa shape index (κ3) is 3.72. The molecule has 0 radical (unpaired) electrons. The maximum Gasteiger partial charge on any atom is 0.156 e. The predicted octanol–water partition coefficient (Wildman–Crippen LogP) is 2.31. The van der Waals surface area contributed by atoms with Crippen LogP contribution < -0.4 is 5.32 Å². The van der Waals surface area contributed by atoms with Gasteiger partial charge in [-0.15, -0.1) is 0 Å². The van der Waals surface area contributed by atoms with Crippen LogP contribution in [0.4, 0.5) is 5.69 Å². The van der Waals surface area contributed by atoms with Crippen molar-refractivity contribution < 1.29 is 4.79 Å². The Kier molecular flexibility index (Phi) is 3.86. The summed E-state index contributed by atoms with van der Waals surface area (Å²) in [6, 6.07) is 13.4. The van der Waals surface area contributed by atoms with E-state index in [4.69, 9.17) is 0 Å². The SMILES string of the molecule is O=C(CNc1ccccc1)Cc1ccncc1. The van der Waals surface area contributed by atoms with Crippen LogP contribution >= 0.6 is 0 Å². The van der Waals surface area contributed by atoms with Crippen molar-refractivity contribution in [3.8, 4) is 0 Å². The van der Waals surface area contributed by atoms with Gasteiger partial charge in [0.25, 0.3) is 0 Å². The molecular weight excluding hydrogens is 212 g/mol. The van der Waals surface area contributed by atoms with Crippen molar-refractivity contribution in [3.63, 3.8) is 0 Å². The first-order valence-corrected chi connectivity index (χ1v) is 5.54. The van der Waals surface area contributed by atoms with Gasteiger partial charge in [0.15, 0.2) is 5.78 Å². The van der Waals surface area contributed by atoms with E-state index in [1.54, 1.807) is 12.4 Å². The minimum absolute atomic E-state index is 0.167. The molecule has 0 aliphatic carbocycles. The molecule has 0 amide bonds. The Hall–Kier alpha value is -2.16. The zero-order valence-corrected chi connectivity index (χ0v) is 9.47. The molecule has 3 nitrogen and oxygen atoms in total. The number of rotatable bonds is 5. The van der Waals surface area contributed by atoms with Gasteiger partial charge in [-0.25, -0.2) is 0 Å². The summed E-state index contributed by atoms with van der Waals surface area (Å²) in [4.78, 5) is 15.6. The molecule has 0 saturated carbocycles. The van der Waals surface area contributed by atoms with E-state index in [0.29, 0.717) is 13.0 Å². The molecule has 2 rings (SSSR count). The number of benzene rings is 1. The van der Waals surface area contributed by atoms with E-state index >= 15 is 0 Å². The molecule has 1 N–H and O–H groups in total. The van der Waals surface area contributed by atoms with Gasteiger partial charge in [0, 0.05) is 24.5 Å². The van der Waals surface area contributed by atoms with Gasteiger partial charge in [-0.3, -0.25) is 9.78 Å². The molecule has 0 aliphatic heterocycles. The molecule has 1 aromatic heterocycles. The van der Waals surface area contributed by atoms with Gasteiger partial charge in [-0.05, 0) is 29.8 Å². The van der Waals surface area contributed by atoms with E-state index in [1.807, 2.05) is 42.5 Å². The number of nitrogens with zero attached hydrogens (tertiary/aromatic N) is 1. The Morgan fingerprint density at radius 2 is 1.76 bits per heavy atom. The number of anilines is 1. The first-order chi connectivity index (χ1) is 8.34. The smallest absolute Gasteiger partial charge is 0.156 e. The van der Waals surface area contributed by atoms with Crippen molar-refractivity contribution in [1.29, 1.82) is 0 Å². The van der Waals surface area contributed by atoms with Gasteiger partial charge < -0.3 is 5.32 Å². The highest BCUT2D eigenvalue weighted by atomic mass is 16.1. The highest BCUT2D eigenvalue weighted by Gasteiger charge is 2.02. The molecule has 0 fully saturated rings. The van der Waals surface area contributed by atoms with Crippen LogP contribution in [0.5, 0.6) is 0 Å². The fourth-order valence-corrected chi connectivity index (χ4v) is 1.55.